The van der Waals surface area contributed by atoms with E-state index < -0.39 is 40.5 Å². The van der Waals surface area contributed by atoms with Crippen molar-refractivity contribution in [3.05, 3.63) is 11.1 Å². The van der Waals surface area contributed by atoms with Gasteiger partial charge in [-0.25, -0.2) is 0 Å². The Morgan fingerprint density at radius 2 is 1.72 bits per heavy atom. The monoisotopic (exact) mass is 502 g/mol. The molecule has 36 heavy (non-hydrogen) atoms. The van der Waals surface area contributed by atoms with Gasteiger partial charge in [-0.3, -0.25) is 0 Å². The van der Waals surface area contributed by atoms with Crippen molar-refractivity contribution in [2.24, 2.45) is 34.0 Å². The molecule has 4 saturated heterocycles. The predicted molar refractivity (Wildman–Crippen MR) is 134 cm³/mol. The van der Waals surface area contributed by atoms with E-state index in [-0.39, 0.29) is 29.0 Å². The first-order valence-electron chi connectivity index (χ1n) is 14.5. The SMILES string of the molecule is C[C@@H]1CC2O[C@]3(O[C@H]2C(C)(C)O)[C@H]1[C@@]1(C)[C@H](O)CC2=C(CC[C@H]4C(C)(C)[C@@H]5CC[C@]4(C2)O5)[C@]1(C)[C@H]3O. The normalized spacial score (nSPS) is 58.8. The quantitative estimate of drug-likeness (QED) is 0.468. The molecular formula is C30H46O6. The molecule has 7 rings (SSSR count). The molecule has 0 aromatic rings. The fraction of sp³-hybridized carbons (Fsp3) is 0.933. The van der Waals surface area contributed by atoms with Gasteiger partial charge in [0.15, 0.2) is 5.79 Å². The number of ether oxygens (including phenoxy) is 3. The van der Waals surface area contributed by atoms with E-state index >= 15 is 0 Å². The Balaban J connectivity index is 1.37. The molecule has 202 valence electrons. The lowest BCUT2D eigenvalue weighted by Crippen LogP contribution is -2.55. The summed E-state index contributed by atoms with van der Waals surface area (Å²) in [6.07, 6.45) is 4.49. The summed E-state index contributed by atoms with van der Waals surface area (Å²) in [4.78, 5) is 0. The van der Waals surface area contributed by atoms with Crippen LogP contribution in [0.4, 0.5) is 0 Å². The van der Waals surface area contributed by atoms with Crippen LogP contribution in [0.5, 0.6) is 0 Å². The number of hydrogen-bond donors (Lipinski definition) is 3. The average Bonchev–Trinajstić information content (AvgIpc) is 3.38. The molecule has 2 spiro atoms. The van der Waals surface area contributed by atoms with Gasteiger partial charge in [0.05, 0.1) is 29.5 Å². The second kappa shape index (κ2) is 6.79. The summed E-state index contributed by atoms with van der Waals surface area (Å²) in [5.74, 6) is -0.700. The molecule has 6 heteroatoms. The van der Waals surface area contributed by atoms with Crippen molar-refractivity contribution in [3.8, 4) is 0 Å². The van der Waals surface area contributed by atoms with E-state index in [9.17, 15) is 15.3 Å². The second-order valence-electron chi connectivity index (χ2n) is 15.2. The van der Waals surface area contributed by atoms with E-state index in [1.54, 1.807) is 13.8 Å². The van der Waals surface area contributed by atoms with Crippen molar-refractivity contribution < 1.29 is 29.5 Å². The molecule has 1 unspecified atom stereocenters. The highest BCUT2D eigenvalue weighted by Crippen LogP contribution is 2.76. The molecule has 0 aromatic carbocycles. The van der Waals surface area contributed by atoms with Crippen LogP contribution in [0.2, 0.25) is 0 Å². The molecule has 6 nitrogen and oxygen atoms in total. The van der Waals surface area contributed by atoms with Crippen LogP contribution >= 0.6 is 0 Å². The zero-order valence-electron chi connectivity index (χ0n) is 23.1. The molecule has 7 aliphatic rings. The van der Waals surface area contributed by atoms with Crippen LogP contribution in [0.15, 0.2) is 11.1 Å². The molecule has 4 bridgehead atoms. The highest BCUT2D eigenvalue weighted by Gasteiger charge is 2.82. The molecule has 12 atom stereocenters. The summed E-state index contributed by atoms with van der Waals surface area (Å²) >= 11 is 0. The van der Waals surface area contributed by atoms with E-state index in [1.165, 1.54) is 11.1 Å². The van der Waals surface area contributed by atoms with Gasteiger partial charge in [-0.05, 0) is 76.0 Å². The lowest BCUT2D eigenvalue weighted by atomic mass is 9.51. The molecule has 0 aromatic heterocycles. The van der Waals surface area contributed by atoms with Crippen molar-refractivity contribution in [2.45, 2.75) is 141 Å². The first-order chi connectivity index (χ1) is 16.6. The van der Waals surface area contributed by atoms with Gasteiger partial charge in [-0.15, -0.1) is 0 Å². The van der Waals surface area contributed by atoms with Crippen molar-refractivity contribution in [1.29, 1.82) is 0 Å². The van der Waals surface area contributed by atoms with Crippen molar-refractivity contribution >= 4 is 0 Å². The highest BCUT2D eigenvalue weighted by molar-refractivity contribution is 5.41. The van der Waals surface area contributed by atoms with E-state index in [1.807, 2.05) is 0 Å². The van der Waals surface area contributed by atoms with Crippen molar-refractivity contribution in [3.63, 3.8) is 0 Å². The maximum absolute atomic E-state index is 12.4. The van der Waals surface area contributed by atoms with E-state index in [2.05, 4.69) is 34.6 Å². The Kier molecular flexibility index (Phi) is 4.63. The van der Waals surface area contributed by atoms with Crippen molar-refractivity contribution in [1.82, 2.24) is 0 Å². The van der Waals surface area contributed by atoms with Crippen molar-refractivity contribution in [2.75, 3.05) is 0 Å². The van der Waals surface area contributed by atoms with Crippen LogP contribution in [0.3, 0.4) is 0 Å². The number of aliphatic hydroxyl groups excluding tert-OH is 2. The van der Waals surface area contributed by atoms with Gasteiger partial charge in [0, 0.05) is 16.7 Å². The summed E-state index contributed by atoms with van der Waals surface area (Å²) in [6.45, 7) is 14.9. The highest BCUT2D eigenvalue weighted by atomic mass is 16.8. The summed E-state index contributed by atoms with van der Waals surface area (Å²) < 4.78 is 20.2. The zero-order chi connectivity index (χ0) is 25.8. The smallest absolute Gasteiger partial charge is 0.200 e. The van der Waals surface area contributed by atoms with Gasteiger partial charge in [0.1, 0.15) is 12.2 Å². The Hall–Kier alpha value is -0.500. The number of aliphatic hydroxyl groups is 3. The first kappa shape index (κ1) is 24.5. The Morgan fingerprint density at radius 1 is 1.00 bits per heavy atom. The largest absolute Gasteiger partial charge is 0.392 e. The summed E-state index contributed by atoms with van der Waals surface area (Å²) in [5.41, 5.74) is 0.279. The van der Waals surface area contributed by atoms with Crippen LogP contribution in [0.1, 0.15) is 93.4 Å². The van der Waals surface area contributed by atoms with Gasteiger partial charge in [0.25, 0.3) is 0 Å². The predicted octanol–water partition coefficient (Wildman–Crippen LogP) is 4.10. The number of fused-ring (bicyclic) bond motifs is 5. The molecule has 1 saturated carbocycles. The molecule has 0 radical (unpaired) electrons. The third kappa shape index (κ3) is 2.48. The maximum Gasteiger partial charge on any atom is 0.200 e. The van der Waals surface area contributed by atoms with Crippen LogP contribution in [-0.4, -0.2) is 62.8 Å². The molecular weight excluding hydrogens is 456 g/mol. The van der Waals surface area contributed by atoms with Crippen LogP contribution in [-0.2, 0) is 14.2 Å². The van der Waals surface area contributed by atoms with Crippen LogP contribution < -0.4 is 0 Å². The average molecular weight is 503 g/mol. The standard InChI is InChI=1S/C30H46O6/c1-15-12-18-23(26(4,5)33)36-30(34-18)22(15)28(7)20(31)13-16-14-29-11-10-21(35-29)25(2,3)19(29)9-8-17(16)27(28,6)24(30)32/h15,18-24,31-33H,8-14H2,1-7H3/t15-,18?,19+,20-,21+,22-,23-,24-,27-,28-,29-,30+/m1/s1. The topological polar surface area (TPSA) is 88.4 Å². The van der Waals surface area contributed by atoms with Gasteiger partial charge in [-0.2, -0.15) is 0 Å². The van der Waals surface area contributed by atoms with Gasteiger partial charge < -0.3 is 29.5 Å². The van der Waals surface area contributed by atoms with Gasteiger partial charge >= 0.3 is 0 Å². The molecule has 5 fully saturated rings. The first-order valence-corrected chi connectivity index (χ1v) is 14.5. The minimum atomic E-state index is -1.21. The maximum atomic E-state index is 12.4. The third-order valence-electron chi connectivity index (χ3n) is 12.9. The third-order valence-corrected chi connectivity index (χ3v) is 12.9. The van der Waals surface area contributed by atoms with E-state index in [4.69, 9.17) is 14.2 Å². The fourth-order valence-corrected chi connectivity index (χ4v) is 11.3. The van der Waals surface area contributed by atoms with Crippen LogP contribution in [0.25, 0.3) is 0 Å². The molecule has 0 amide bonds. The molecule has 3 aliphatic carbocycles. The Labute approximate surface area is 215 Å². The van der Waals surface area contributed by atoms with Gasteiger partial charge in [-0.1, -0.05) is 45.8 Å². The minimum absolute atomic E-state index is 0.131. The second-order valence-corrected chi connectivity index (χ2v) is 15.2. The summed E-state index contributed by atoms with van der Waals surface area (Å²) in [7, 11) is 0. The minimum Gasteiger partial charge on any atom is -0.392 e. The molecule has 4 heterocycles. The molecule has 4 aliphatic heterocycles. The van der Waals surface area contributed by atoms with E-state index in [0.29, 0.717) is 18.4 Å². The van der Waals surface area contributed by atoms with Crippen LogP contribution in [0, 0.1) is 34.0 Å². The van der Waals surface area contributed by atoms with Gasteiger partial charge in [0.2, 0.25) is 0 Å². The number of rotatable bonds is 1. The van der Waals surface area contributed by atoms with E-state index in [0.717, 1.165) is 38.5 Å². The Bertz CT molecular complexity index is 1030. The summed E-state index contributed by atoms with van der Waals surface area (Å²) in [5, 5.41) is 35.4. The molecule has 3 N–H and O–H groups in total. The zero-order valence-corrected chi connectivity index (χ0v) is 23.1. The lowest BCUT2D eigenvalue weighted by molar-refractivity contribution is -0.282. The fourth-order valence-electron chi connectivity index (χ4n) is 11.3. The number of hydrogen-bond acceptors (Lipinski definition) is 6. The lowest BCUT2D eigenvalue weighted by Gasteiger charge is -2.54. The Morgan fingerprint density at radius 3 is 2.42 bits per heavy atom. The summed E-state index contributed by atoms with van der Waals surface area (Å²) in [6, 6.07) is 0.